The molecule has 0 saturated heterocycles. The first-order valence-electron chi connectivity index (χ1n) is 5.17. The molecule has 3 atom stereocenters. The van der Waals surface area contributed by atoms with E-state index in [1.54, 1.807) is 0 Å². The summed E-state index contributed by atoms with van der Waals surface area (Å²) in [5.41, 5.74) is 0.900. The molecular weight excluding hydrogens is 176 g/mol. The van der Waals surface area contributed by atoms with Gasteiger partial charge >= 0.3 is 0 Å². The minimum absolute atomic E-state index is 0.0311. The highest BCUT2D eigenvalue weighted by Crippen LogP contribution is 2.65. The van der Waals surface area contributed by atoms with E-state index in [9.17, 15) is 0 Å². The van der Waals surface area contributed by atoms with Crippen molar-refractivity contribution in [2.24, 2.45) is 21.9 Å². The van der Waals surface area contributed by atoms with Crippen molar-refractivity contribution >= 4 is 5.71 Å². The van der Waals surface area contributed by atoms with E-state index in [0.717, 1.165) is 18.6 Å². The molecular formula is C11H16N2O. The Morgan fingerprint density at radius 3 is 2.86 bits per heavy atom. The quantitative estimate of drug-likeness (QED) is 0.512. The van der Waals surface area contributed by atoms with Crippen molar-refractivity contribution in [2.45, 2.75) is 39.5 Å². The summed E-state index contributed by atoms with van der Waals surface area (Å²) in [5.74, 6) is 0.540. The number of nitrogens with zero attached hydrogens (tertiary/aromatic N) is 2. The number of hydrogen-bond donors (Lipinski definition) is 1. The average Bonchev–Trinajstić information content (AvgIpc) is 2.51. The minimum Gasteiger partial charge on any atom is -0.411 e. The fraction of sp³-hybridized carbons (Fsp3) is 0.818. The lowest BCUT2D eigenvalue weighted by Crippen LogP contribution is -2.34. The second kappa shape index (κ2) is 2.73. The highest BCUT2D eigenvalue weighted by molar-refractivity contribution is 5.93. The third-order valence-electron chi connectivity index (χ3n) is 4.80. The summed E-state index contributed by atoms with van der Waals surface area (Å²) in [5, 5.41) is 21.3. The molecule has 2 aliphatic carbocycles. The summed E-state index contributed by atoms with van der Waals surface area (Å²) in [7, 11) is 0. The molecule has 0 heterocycles. The summed E-state index contributed by atoms with van der Waals surface area (Å²) >= 11 is 0. The molecule has 2 rings (SSSR count). The summed E-state index contributed by atoms with van der Waals surface area (Å²) in [6.45, 7) is 4.32. The van der Waals surface area contributed by atoms with Crippen molar-refractivity contribution in [3.05, 3.63) is 0 Å². The van der Waals surface area contributed by atoms with Gasteiger partial charge in [-0.2, -0.15) is 5.26 Å². The van der Waals surface area contributed by atoms with Gasteiger partial charge in [0.1, 0.15) is 0 Å². The van der Waals surface area contributed by atoms with Gasteiger partial charge in [0.2, 0.25) is 0 Å². The van der Waals surface area contributed by atoms with E-state index in [-0.39, 0.29) is 10.8 Å². The lowest BCUT2D eigenvalue weighted by Gasteiger charge is -2.35. The first-order chi connectivity index (χ1) is 6.58. The Kier molecular flexibility index (Phi) is 1.85. The van der Waals surface area contributed by atoms with Crippen LogP contribution in [0.15, 0.2) is 5.16 Å². The number of oxime groups is 1. The van der Waals surface area contributed by atoms with E-state index in [1.807, 2.05) is 0 Å². The number of nitriles is 1. The molecule has 0 aromatic rings. The van der Waals surface area contributed by atoms with Gasteiger partial charge in [0, 0.05) is 11.8 Å². The molecule has 3 unspecified atom stereocenters. The molecule has 0 radical (unpaired) electrons. The molecule has 0 spiro atoms. The van der Waals surface area contributed by atoms with Crippen molar-refractivity contribution < 1.29 is 5.21 Å². The van der Waals surface area contributed by atoms with E-state index < -0.39 is 0 Å². The first-order valence-corrected chi connectivity index (χ1v) is 5.17. The zero-order valence-corrected chi connectivity index (χ0v) is 8.75. The minimum atomic E-state index is -0.0395. The summed E-state index contributed by atoms with van der Waals surface area (Å²) in [6.07, 6.45) is 3.70. The molecule has 3 heteroatoms. The van der Waals surface area contributed by atoms with Crippen LogP contribution in [0, 0.1) is 28.1 Å². The van der Waals surface area contributed by atoms with Gasteiger partial charge in [-0.1, -0.05) is 19.0 Å². The third-order valence-corrected chi connectivity index (χ3v) is 4.80. The molecule has 76 valence electrons. The van der Waals surface area contributed by atoms with Crippen LogP contribution >= 0.6 is 0 Å². The second-order valence-electron chi connectivity index (χ2n) is 5.07. The smallest absolute Gasteiger partial charge is 0.0638 e. The van der Waals surface area contributed by atoms with Crippen molar-refractivity contribution in [3.8, 4) is 6.07 Å². The van der Waals surface area contributed by atoms with Crippen molar-refractivity contribution in [1.29, 1.82) is 5.26 Å². The van der Waals surface area contributed by atoms with Gasteiger partial charge in [-0.15, -0.1) is 0 Å². The third kappa shape index (κ3) is 0.841. The Labute approximate surface area is 84.4 Å². The van der Waals surface area contributed by atoms with E-state index in [1.165, 1.54) is 6.42 Å². The summed E-state index contributed by atoms with van der Waals surface area (Å²) in [6, 6.07) is 2.28. The Balaban J connectivity index is 2.43. The standard InChI is InChI=1S/C11H16N2O/c1-10(5-6-12)8-3-4-11(10,2)9(7-8)13-14/h8,14H,3-5,7H2,1-2H3. The maximum Gasteiger partial charge on any atom is 0.0638 e. The zero-order chi connectivity index (χ0) is 10.4. The fourth-order valence-corrected chi connectivity index (χ4v) is 3.43. The maximum atomic E-state index is 8.96. The van der Waals surface area contributed by atoms with Crippen molar-refractivity contribution in [1.82, 2.24) is 0 Å². The van der Waals surface area contributed by atoms with Crippen LogP contribution in [-0.2, 0) is 0 Å². The highest BCUT2D eigenvalue weighted by atomic mass is 16.4. The van der Waals surface area contributed by atoms with Crippen LogP contribution in [-0.4, -0.2) is 10.9 Å². The topological polar surface area (TPSA) is 56.4 Å². The monoisotopic (exact) mass is 192 g/mol. The molecule has 0 aromatic carbocycles. The SMILES string of the molecule is CC12CCC(CC1=NO)C2(C)CC#N. The second-order valence-corrected chi connectivity index (χ2v) is 5.07. The Morgan fingerprint density at radius 2 is 2.36 bits per heavy atom. The lowest BCUT2D eigenvalue weighted by atomic mass is 9.67. The highest BCUT2D eigenvalue weighted by Gasteiger charge is 2.62. The number of rotatable bonds is 1. The van der Waals surface area contributed by atoms with Crippen LogP contribution in [0.3, 0.4) is 0 Å². The van der Waals surface area contributed by atoms with Gasteiger partial charge in [0.25, 0.3) is 0 Å². The number of hydrogen-bond acceptors (Lipinski definition) is 3. The van der Waals surface area contributed by atoms with E-state index in [4.69, 9.17) is 10.5 Å². The predicted molar refractivity (Wildman–Crippen MR) is 53.0 cm³/mol. The van der Waals surface area contributed by atoms with E-state index >= 15 is 0 Å². The Morgan fingerprint density at radius 1 is 1.64 bits per heavy atom. The van der Waals surface area contributed by atoms with Crippen LogP contribution in [0.1, 0.15) is 39.5 Å². The molecule has 2 aliphatic rings. The molecule has 2 bridgehead atoms. The van der Waals surface area contributed by atoms with Crippen LogP contribution in [0.5, 0.6) is 0 Å². The van der Waals surface area contributed by atoms with Gasteiger partial charge in [-0.25, -0.2) is 0 Å². The normalized spacial score (nSPS) is 48.4. The summed E-state index contributed by atoms with van der Waals surface area (Å²) in [4.78, 5) is 0. The predicted octanol–water partition coefficient (Wildman–Crippen LogP) is 2.56. The van der Waals surface area contributed by atoms with Gasteiger partial charge in [-0.3, -0.25) is 0 Å². The van der Waals surface area contributed by atoms with Gasteiger partial charge in [-0.05, 0) is 30.6 Å². The van der Waals surface area contributed by atoms with E-state index in [0.29, 0.717) is 12.3 Å². The average molecular weight is 192 g/mol. The molecule has 2 fully saturated rings. The molecule has 0 aliphatic heterocycles. The van der Waals surface area contributed by atoms with E-state index in [2.05, 4.69) is 25.1 Å². The number of fused-ring (bicyclic) bond motifs is 2. The molecule has 0 amide bonds. The lowest BCUT2D eigenvalue weighted by molar-refractivity contribution is 0.168. The van der Waals surface area contributed by atoms with Crippen LogP contribution in [0.4, 0.5) is 0 Å². The van der Waals surface area contributed by atoms with Crippen LogP contribution < -0.4 is 0 Å². The summed E-state index contributed by atoms with van der Waals surface area (Å²) < 4.78 is 0. The van der Waals surface area contributed by atoms with Gasteiger partial charge in [0.05, 0.1) is 11.8 Å². The molecule has 3 nitrogen and oxygen atoms in total. The zero-order valence-electron chi connectivity index (χ0n) is 8.75. The Hall–Kier alpha value is -1.04. The van der Waals surface area contributed by atoms with Crippen LogP contribution in [0.2, 0.25) is 0 Å². The van der Waals surface area contributed by atoms with Crippen molar-refractivity contribution in [2.75, 3.05) is 0 Å². The fourth-order valence-electron chi connectivity index (χ4n) is 3.43. The molecule has 2 saturated carbocycles. The maximum absolute atomic E-state index is 8.96. The van der Waals surface area contributed by atoms with Gasteiger partial charge in [0.15, 0.2) is 0 Å². The molecule has 0 aromatic heterocycles. The van der Waals surface area contributed by atoms with Gasteiger partial charge < -0.3 is 5.21 Å². The molecule has 1 N–H and O–H groups in total. The largest absolute Gasteiger partial charge is 0.411 e. The van der Waals surface area contributed by atoms with Crippen LogP contribution in [0.25, 0.3) is 0 Å². The Bertz CT molecular complexity index is 331. The van der Waals surface area contributed by atoms with Crippen molar-refractivity contribution in [3.63, 3.8) is 0 Å². The molecule has 14 heavy (non-hydrogen) atoms. The first kappa shape index (κ1) is 9.51.